The zero-order valence-corrected chi connectivity index (χ0v) is 10.5. The maximum absolute atomic E-state index is 12.8. The van der Waals surface area contributed by atoms with Gasteiger partial charge in [0.2, 0.25) is 0 Å². The Morgan fingerprint density at radius 2 is 2.12 bits per heavy atom. The van der Waals surface area contributed by atoms with Crippen molar-refractivity contribution >= 4 is 0 Å². The first kappa shape index (κ1) is 12.5. The number of hydrogen-bond acceptors (Lipinski definition) is 2. The molecular weight excluding hydrogens is 215 g/mol. The number of aromatic nitrogens is 1. The first-order chi connectivity index (χ1) is 8.29. The second-order valence-corrected chi connectivity index (χ2v) is 4.86. The summed E-state index contributed by atoms with van der Waals surface area (Å²) in [5.74, 6) is -0.263. The normalized spacial score (nSPS) is 19.2. The lowest BCUT2D eigenvalue weighted by atomic mass is 9.94. The molecule has 17 heavy (non-hydrogen) atoms. The Bertz CT molecular complexity index is 331. The third-order valence-electron chi connectivity index (χ3n) is 3.56. The lowest BCUT2D eigenvalue weighted by Crippen LogP contribution is -2.34. The number of nitrogens with one attached hydrogen (secondary N) is 1. The minimum Gasteiger partial charge on any atom is -0.306 e. The lowest BCUT2D eigenvalue weighted by molar-refractivity contribution is 0.331. The molecular formula is C14H21FN2. The van der Waals surface area contributed by atoms with Crippen molar-refractivity contribution in [2.24, 2.45) is 0 Å². The van der Waals surface area contributed by atoms with E-state index in [4.69, 9.17) is 0 Å². The second-order valence-electron chi connectivity index (χ2n) is 4.86. The zero-order chi connectivity index (χ0) is 12.1. The summed E-state index contributed by atoms with van der Waals surface area (Å²) < 4.78 is 12.8. The van der Waals surface area contributed by atoms with E-state index in [1.165, 1.54) is 44.4 Å². The van der Waals surface area contributed by atoms with Gasteiger partial charge in [-0.1, -0.05) is 26.2 Å². The van der Waals surface area contributed by atoms with Crippen LogP contribution in [-0.2, 0) is 0 Å². The molecule has 94 valence electrons. The average Bonchev–Trinajstić information content (AvgIpc) is 2.38. The Labute approximate surface area is 103 Å². The highest BCUT2D eigenvalue weighted by molar-refractivity contribution is 5.10. The van der Waals surface area contributed by atoms with Crippen LogP contribution in [0.4, 0.5) is 4.39 Å². The number of pyridine rings is 1. The molecule has 1 aliphatic rings. The molecule has 0 aliphatic heterocycles. The molecule has 2 nitrogen and oxygen atoms in total. The highest BCUT2D eigenvalue weighted by Gasteiger charge is 2.18. The molecule has 1 aliphatic carbocycles. The molecule has 1 aromatic rings. The summed E-state index contributed by atoms with van der Waals surface area (Å²) in [7, 11) is 0. The predicted octanol–water partition coefficient (Wildman–Crippen LogP) is 3.59. The van der Waals surface area contributed by atoms with Gasteiger partial charge in [0.15, 0.2) is 0 Å². The molecule has 0 saturated heterocycles. The quantitative estimate of drug-likeness (QED) is 0.864. The van der Waals surface area contributed by atoms with Gasteiger partial charge in [0.25, 0.3) is 0 Å². The van der Waals surface area contributed by atoms with E-state index in [2.05, 4.69) is 17.2 Å². The molecule has 0 bridgehead atoms. The molecule has 1 saturated carbocycles. The summed E-state index contributed by atoms with van der Waals surface area (Å²) >= 11 is 0. The van der Waals surface area contributed by atoms with Crippen LogP contribution in [-0.4, -0.2) is 11.0 Å². The average molecular weight is 236 g/mol. The van der Waals surface area contributed by atoms with Crippen LogP contribution in [0.2, 0.25) is 0 Å². The summed E-state index contributed by atoms with van der Waals surface area (Å²) in [6.45, 7) is 2.14. The molecule has 2 rings (SSSR count). The van der Waals surface area contributed by atoms with Crippen molar-refractivity contribution in [3.63, 3.8) is 0 Å². The van der Waals surface area contributed by atoms with Gasteiger partial charge in [0, 0.05) is 12.1 Å². The van der Waals surface area contributed by atoms with Gasteiger partial charge in [0.1, 0.15) is 5.82 Å². The standard InChI is InChI=1S/C14H21FN2/c1-2-13(14-9-8-11(15)10-16-14)17-12-6-4-3-5-7-12/h8-10,12-13,17H,2-7H2,1H3. The molecule has 0 aromatic carbocycles. The van der Waals surface area contributed by atoms with Crippen LogP contribution in [0.3, 0.4) is 0 Å². The van der Waals surface area contributed by atoms with Gasteiger partial charge >= 0.3 is 0 Å². The van der Waals surface area contributed by atoms with Crippen molar-refractivity contribution in [1.29, 1.82) is 0 Å². The highest BCUT2D eigenvalue weighted by atomic mass is 19.1. The predicted molar refractivity (Wildman–Crippen MR) is 67.2 cm³/mol. The molecule has 0 spiro atoms. The molecule has 1 atom stereocenters. The Morgan fingerprint density at radius 1 is 1.35 bits per heavy atom. The Morgan fingerprint density at radius 3 is 2.71 bits per heavy atom. The maximum atomic E-state index is 12.8. The SMILES string of the molecule is CCC(NC1CCCCC1)c1ccc(F)cn1. The van der Waals surface area contributed by atoms with Crippen molar-refractivity contribution in [3.8, 4) is 0 Å². The fourth-order valence-electron chi connectivity index (χ4n) is 2.56. The largest absolute Gasteiger partial charge is 0.306 e. The Balaban J connectivity index is 1.97. The fraction of sp³-hybridized carbons (Fsp3) is 0.643. The summed E-state index contributed by atoms with van der Waals surface area (Å²) in [4.78, 5) is 4.18. The zero-order valence-electron chi connectivity index (χ0n) is 10.5. The molecule has 1 fully saturated rings. The van der Waals surface area contributed by atoms with Crippen molar-refractivity contribution < 1.29 is 4.39 Å². The van der Waals surface area contributed by atoms with Gasteiger partial charge in [-0.3, -0.25) is 4.98 Å². The molecule has 0 radical (unpaired) electrons. The Kier molecular flexibility index (Phi) is 4.49. The topological polar surface area (TPSA) is 24.9 Å². The first-order valence-corrected chi connectivity index (χ1v) is 6.67. The Hall–Kier alpha value is -0.960. The van der Waals surface area contributed by atoms with Crippen LogP contribution in [0, 0.1) is 5.82 Å². The van der Waals surface area contributed by atoms with Crippen LogP contribution in [0.15, 0.2) is 18.3 Å². The number of nitrogens with zero attached hydrogens (tertiary/aromatic N) is 1. The van der Waals surface area contributed by atoms with Crippen LogP contribution in [0.25, 0.3) is 0 Å². The van der Waals surface area contributed by atoms with E-state index in [9.17, 15) is 4.39 Å². The third-order valence-corrected chi connectivity index (χ3v) is 3.56. The highest BCUT2D eigenvalue weighted by Crippen LogP contribution is 2.22. The molecule has 0 amide bonds. The monoisotopic (exact) mass is 236 g/mol. The summed E-state index contributed by atoms with van der Waals surface area (Å²) in [6, 6.07) is 4.16. The van der Waals surface area contributed by atoms with Crippen LogP contribution in [0.1, 0.15) is 57.2 Å². The van der Waals surface area contributed by atoms with E-state index in [0.717, 1.165) is 12.1 Å². The van der Waals surface area contributed by atoms with Gasteiger partial charge in [0.05, 0.1) is 11.9 Å². The minimum absolute atomic E-state index is 0.263. The van der Waals surface area contributed by atoms with Crippen LogP contribution in [0.5, 0.6) is 0 Å². The fourth-order valence-corrected chi connectivity index (χ4v) is 2.56. The van der Waals surface area contributed by atoms with Gasteiger partial charge in [-0.05, 0) is 31.4 Å². The lowest BCUT2D eigenvalue weighted by Gasteiger charge is -2.27. The van der Waals surface area contributed by atoms with E-state index in [-0.39, 0.29) is 11.9 Å². The van der Waals surface area contributed by atoms with Gasteiger partial charge in [-0.15, -0.1) is 0 Å². The van der Waals surface area contributed by atoms with Gasteiger partial charge in [-0.25, -0.2) is 4.39 Å². The molecule has 1 aromatic heterocycles. The number of rotatable bonds is 4. The minimum atomic E-state index is -0.263. The summed E-state index contributed by atoms with van der Waals surface area (Å²) in [6.07, 6.45) is 8.84. The second kappa shape index (κ2) is 6.10. The van der Waals surface area contributed by atoms with E-state index in [1.807, 2.05) is 0 Å². The van der Waals surface area contributed by atoms with Crippen molar-refractivity contribution in [2.75, 3.05) is 0 Å². The van der Waals surface area contributed by atoms with Crippen LogP contribution < -0.4 is 5.32 Å². The van der Waals surface area contributed by atoms with Crippen molar-refractivity contribution in [3.05, 3.63) is 29.8 Å². The van der Waals surface area contributed by atoms with Crippen molar-refractivity contribution in [1.82, 2.24) is 10.3 Å². The molecule has 1 unspecified atom stereocenters. The van der Waals surface area contributed by atoms with E-state index in [1.54, 1.807) is 6.07 Å². The number of hydrogen-bond donors (Lipinski definition) is 1. The molecule has 3 heteroatoms. The maximum Gasteiger partial charge on any atom is 0.141 e. The first-order valence-electron chi connectivity index (χ1n) is 6.67. The van der Waals surface area contributed by atoms with E-state index in [0.29, 0.717) is 6.04 Å². The molecule has 1 heterocycles. The third kappa shape index (κ3) is 3.50. The molecule has 1 N–H and O–H groups in total. The van der Waals surface area contributed by atoms with Gasteiger partial charge in [-0.2, -0.15) is 0 Å². The smallest absolute Gasteiger partial charge is 0.141 e. The van der Waals surface area contributed by atoms with Gasteiger partial charge < -0.3 is 5.32 Å². The number of halogens is 1. The summed E-state index contributed by atoms with van der Waals surface area (Å²) in [5.41, 5.74) is 0.958. The summed E-state index contributed by atoms with van der Waals surface area (Å²) in [5, 5.41) is 3.66. The van der Waals surface area contributed by atoms with Crippen LogP contribution >= 0.6 is 0 Å². The van der Waals surface area contributed by atoms with E-state index < -0.39 is 0 Å². The van der Waals surface area contributed by atoms with E-state index >= 15 is 0 Å². The van der Waals surface area contributed by atoms with Crippen molar-refractivity contribution in [2.45, 2.75) is 57.5 Å².